The summed E-state index contributed by atoms with van der Waals surface area (Å²) in [5.74, 6) is -0.614. The maximum Gasteiger partial charge on any atom is 0.306 e. The maximum atomic E-state index is 12.2. The third-order valence-electron chi connectivity index (χ3n) is 3.98. The van der Waals surface area contributed by atoms with E-state index in [0.29, 0.717) is 12.8 Å². The van der Waals surface area contributed by atoms with Crippen molar-refractivity contribution in [3.63, 3.8) is 0 Å². The van der Waals surface area contributed by atoms with Crippen molar-refractivity contribution in [1.82, 2.24) is 0 Å². The van der Waals surface area contributed by atoms with E-state index in [1.807, 2.05) is 31.2 Å². The van der Waals surface area contributed by atoms with Crippen molar-refractivity contribution in [3.05, 3.63) is 35.4 Å². The van der Waals surface area contributed by atoms with Gasteiger partial charge in [0, 0.05) is 12.0 Å². The lowest BCUT2D eigenvalue weighted by Gasteiger charge is -2.26. The van der Waals surface area contributed by atoms with Crippen LogP contribution in [-0.2, 0) is 4.79 Å². The summed E-state index contributed by atoms with van der Waals surface area (Å²) in [6.07, 6.45) is 3.77. The molecule has 0 unspecified atom stereocenters. The molecule has 0 amide bonds. The second-order valence-corrected chi connectivity index (χ2v) is 5.56. The number of carbonyl (C=O) groups excluding carboxylic acids is 1. The van der Waals surface area contributed by atoms with Crippen molar-refractivity contribution < 1.29 is 14.7 Å². The van der Waals surface area contributed by atoms with Crippen molar-refractivity contribution in [3.8, 4) is 0 Å². The monoisotopic (exact) mass is 260 g/mol. The quantitative estimate of drug-likeness (QED) is 0.843. The minimum atomic E-state index is -0.715. The number of carboxylic acids is 1. The molecule has 0 bridgehead atoms. The fourth-order valence-electron chi connectivity index (χ4n) is 2.82. The molecule has 0 aliphatic heterocycles. The molecule has 0 aromatic heterocycles. The minimum absolute atomic E-state index is 0.135. The van der Waals surface area contributed by atoms with E-state index in [2.05, 4.69) is 0 Å². The topological polar surface area (TPSA) is 54.4 Å². The number of carbonyl (C=O) groups is 2. The summed E-state index contributed by atoms with van der Waals surface area (Å²) in [7, 11) is 0. The van der Waals surface area contributed by atoms with Crippen LogP contribution in [0.2, 0.25) is 0 Å². The van der Waals surface area contributed by atoms with Gasteiger partial charge in [0.15, 0.2) is 5.78 Å². The molecule has 1 fully saturated rings. The molecule has 1 saturated carbocycles. The number of aryl methyl sites for hydroxylation is 1. The van der Waals surface area contributed by atoms with E-state index in [0.717, 1.165) is 30.4 Å². The summed E-state index contributed by atoms with van der Waals surface area (Å²) >= 11 is 0. The summed E-state index contributed by atoms with van der Waals surface area (Å²) in [5.41, 5.74) is 1.88. The summed E-state index contributed by atoms with van der Waals surface area (Å²) in [5, 5.41) is 9.05. The van der Waals surface area contributed by atoms with Gasteiger partial charge in [-0.15, -0.1) is 0 Å². The molecule has 1 N–H and O–H groups in total. The first-order valence-corrected chi connectivity index (χ1v) is 6.89. The average molecular weight is 260 g/mol. The average Bonchev–Trinajstić information content (AvgIpc) is 2.39. The Bertz CT molecular complexity index is 461. The third-order valence-corrected chi connectivity index (χ3v) is 3.98. The highest BCUT2D eigenvalue weighted by Gasteiger charge is 2.28. The lowest BCUT2D eigenvalue weighted by Crippen LogP contribution is -2.24. The smallest absolute Gasteiger partial charge is 0.306 e. The number of ketones is 1. The molecule has 1 aliphatic carbocycles. The molecule has 0 heterocycles. The standard InChI is InChI=1S/C16H20O3/c1-11-5-7-13(8-6-11)15(17)10-12-3-2-4-14(9-12)16(18)19/h5-8,12,14H,2-4,9-10H2,1H3,(H,18,19)/t12-,14+/m0/s1. The molecule has 0 spiro atoms. The summed E-state index contributed by atoms with van der Waals surface area (Å²) < 4.78 is 0. The van der Waals surface area contributed by atoms with Crippen LogP contribution in [0.5, 0.6) is 0 Å². The molecule has 102 valence electrons. The molecule has 1 aromatic rings. The van der Waals surface area contributed by atoms with Gasteiger partial charge in [0.25, 0.3) is 0 Å². The lowest BCUT2D eigenvalue weighted by molar-refractivity contribution is -0.143. The van der Waals surface area contributed by atoms with E-state index in [4.69, 9.17) is 5.11 Å². The first-order valence-electron chi connectivity index (χ1n) is 6.89. The summed E-state index contributed by atoms with van der Waals surface area (Å²) in [4.78, 5) is 23.2. The maximum absolute atomic E-state index is 12.2. The number of rotatable bonds is 4. The Balaban J connectivity index is 1.95. The lowest BCUT2D eigenvalue weighted by atomic mass is 9.78. The van der Waals surface area contributed by atoms with E-state index in [1.54, 1.807) is 0 Å². The SMILES string of the molecule is Cc1ccc(C(=O)C[C@H]2CCC[C@@H](C(=O)O)C2)cc1. The van der Waals surface area contributed by atoms with Crippen molar-refractivity contribution in [2.24, 2.45) is 11.8 Å². The Morgan fingerprint density at radius 1 is 1.21 bits per heavy atom. The molecular weight excluding hydrogens is 240 g/mol. The van der Waals surface area contributed by atoms with Crippen LogP contribution >= 0.6 is 0 Å². The predicted octanol–water partition coefficient (Wildman–Crippen LogP) is 3.46. The summed E-state index contributed by atoms with van der Waals surface area (Å²) in [6, 6.07) is 7.59. The molecule has 0 radical (unpaired) electrons. The van der Waals surface area contributed by atoms with E-state index < -0.39 is 5.97 Å². The Morgan fingerprint density at radius 2 is 1.89 bits per heavy atom. The van der Waals surface area contributed by atoms with Gasteiger partial charge in [-0.2, -0.15) is 0 Å². The Labute approximate surface area is 113 Å². The van der Waals surface area contributed by atoms with Gasteiger partial charge in [-0.3, -0.25) is 9.59 Å². The van der Waals surface area contributed by atoms with E-state index in [9.17, 15) is 9.59 Å². The highest BCUT2D eigenvalue weighted by molar-refractivity contribution is 5.96. The molecule has 1 aliphatic rings. The van der Waals surface area contributed by atoms with Crippen molar-refractivity contribution >= 4 is 11.8 Å². The van der Waals surface area contributed by atoms with Crippen LogP contribution in [0.3, 0.4) is 0 Å². The number of aliphatic carboxylic acids is 1. The Morgan fingerprint density at radius 3 is 2.53 bits per heavy atom. The molecule has 0 saturated heterocycles. The van der Waals surface area contributed by atoms with Crippen LogP contribution in [-0.4, -0.2) is 16.9 Å². The first kappa shape index (κ1) is 13.8. The highest BCUT2D eigenvalue weighted by atomic mass is 16.4. The molecule has 3 heteroatoms. The van der Waals surface area contributed by atoms with Crippen LogP contribution in [0, 0.1) is 18.8 Å². The van der Waals surface area contributed by atoms with E-state index in [-0.39, 0.29) is 17.6 Å². The van der Waals surface area contributed by atoms with Gasteiger partial charge in [-0.05, 0) is 32.1 Å². The van der Waals surface area contributed by atoms with Gasteiger partial charge >= 0.3 is 5.97 Å². The zero-order valence-electron chi connectivity index (χ0n) is 11.3. The fraction of sp³-hybridized carbons (Fsp3) is 0.500. The minimum Gasteiger partial charge on any atom is -0.481 e. The first-order chi connectivity index (χ1) is 9.06. The number of hydrogen-bond acceptors (Lipinski definition) is 2. The zero-order chi connectivity index (χ0) is 13.8. The van der Waals surface area contributed by atoms with Crippen LogP contribution < -0.4 is 0 Å². The number of hydrogen-bond donors (Lipinski definition) is 1. The van der Waals surface area contributed by atoms with Crippen LogP contribution in [0.15, 0.2) is 24.3 Å². The molecular formula is C16H20O3. The van der Waals surface area contributed by atoms with Gasteiger partial charge in [-0.25, -0.2) is 0 Å². The second kappa shape index (κ2) is 6.00. The second-order valence-electron chi connectivity index (χ2n) is 5.56. The highest BCUT2D eigenvalue weighted by Crippen LogP contribution is 2.32. The Kier molecular flexibility index (Phi) is 4.35. The van der Waals surface area contributed by atoms with Crippen molar-refractivity contribution in [1.29, 1.82) is 0 Å². The van der Waals surface area contributed by atoms with Gasteiger partial charge < -0.3 is 5.11 Å². The third kappa shape index (κ3) is 3.66. The van der Waals surface area contributed by atoms with Gasteiger partial charge in [0.1, 0.15) is 0 Å². The zero-order valence-corrected chi connectivity index (χ0v) is 11.3. The number of carboxylic acid groups (broad SMARTS) is 1. The Hall–Kier alpha value is -1.64. The van der Waals surface area contributed by atoms with Crippen LogP contribution in [0.1, 0.15) is 48.0 Å². The molecule has 2 atom stereocenters. The predicted molar refractivity (Wildman–Crippen MR) is 73.2 cm³/mol. The normalized spacial score (nSPS) is 23.0. The molecule has 2 rings (SSSR count). The summed E-state index contributed by atoms with van der Waals surface area (Å²) in [6.45, 7) is 1.99. The van der Waals surface area contributed by atoms with Crippen LogP contribution in [0.4, 0.5) is 0 Å². The van der Waals surface area contributed by atoms with Crippen LogP contribution in [0.25, 0.3) is 0 Å². The molecule has 19 heavy (non-hydrogen) atoms. The van der Waals surface area contributed by atoms with Gasteiger partial charge in [0.05, 0.1) is 5.92 Å². The van der Waals surface area contributed by atoms with Crippen molar-refractivity contribution in [2.45, 2.75) is 39.0 Å². The molecule has 3 nitrogen and oxygen atoms in total. The van der Waals surface area contributed by atoms with E-state index >= 15 is 0 Å². The van der Waals surface area contributed by atoms with E-state index in [1.165, 1.54) is 0 Å². The number of Topliss-reactive ketones (excluding diaryl/α,β-unsaturated/α-hetero) is 1. The van der Waals surface area contributed by atoms with Crippen molar-refractivity contribution in [2.75, 3.05) is 0 Å². The fourth-order valence-corrected chi connectivity index (χ4v) is 2.82. The molecule has 1 aromatic carbocycles. The largest absolute Gasteiger partial charge is 0.481 e. The van der Waals surface area contributed by atoms with Gasteiger partial charge in [-0.1, -0.05) is 36.2 Å². The number of benzene rings is 1. The van der Waals surface area contributed by atoms with Gasteiger partial charge in [0.2, 0.25) is 0 Å².